The van der Waals surface area contributed by atoms with Crippen molar-refractivity contribution in [1.82, 2.24) is 29.9 Å². The molecule has 0 atom stereocenters. The Morgan fingerprint density at radius 3 is 1.36 bits per heavy atom. The van der Waals surface area contributed by atoms with Crippen LogP contribution in [0.4, 0.5) is 0 Å². The van der Waals surface area contributed by atoms with E-state index in [-0.39, 0.29) is 63.0 Å². The molecule has 0 aliphatic heterocycles. The number of aromatic nitrogens is 6. The molecule has 0 fully saturated rings. The predicted molar refractivity (Wildman–Crippen MR) is 137 cm³/mol. The number of ketones is 2. The molecule has 3 heterocycles. The van der Waals surface area contributed by atoms with Crippen LogP contribution in [0, 0.1) is 0 Å². The molecule has 3 aromatic rings. The molecule has 14 nitrogen and oxygen atoms in total. The number of rotatable bonds is 8. The third-order valence-corrected chi connectivity index (χ3v) is 3.80. The number of nitrogens with zero attached hydrogens (tertiary/aromatic N) is 6. The quantitative estimate of drug-likeness (QED) is 0.174. The third kappa shape index (κ3) is 15.0. The van der Waals surface area contributed by atoms with Crippen molar-refractivity contribution in [2.75, 3.05) is 20.8 Å². The molecule has 3 aromatic heterocycles. The lowest BCUT2D eigenvalue weighted by Gasteiger charge is -1.99. The summed E-state index contributed by atoms with van der Waals surface area (Å²) >= 11 is 0. The highest BCUT2D eigenvalue weighted by molar-refractivity contribution is 6.05. The SMILES string of the molecule is C.C.CCOC(=O)CC(=O)c1cnccn1.COC(=O)CC(=O)c1cnccn1.COC(=O)c1cnccn1. The smallest absolute Gasteiger partial charge is 0.358 e. The van der Waals surface area contributed by atoms with Gasteiger partial charge in [0.15, 0.2) is 17.3 Å². The molecule has 0 unspecified atom stereocenters. The first-order valence-electron chi connectivity index (χ1n) is 10.5. The molecule has 3 rings (SSSR count). The minimum absolute atomic E-state index is 0. The number of ether oxygens (including phenoxy) is 3. The highest BCUT2D eigenvalue weighted by atomic mass is 16.5. The molecule has 0 aromatic carbocycles. The zero-order chi connectivity index (χ0) is 27.5. The van der Waals surface area contributed by atoms with Gasteiger partial charge in [0.2, 0.25) is 0 Å². The van der Waals surface area contributed by atoms with Crippen LogP contribution < -0.4 is 0 Å². The maximum absolute atomic E-state index is 11.3. The van der Waals surface area contributed by atoms with E-state index in [1.807, 2.05) is 0 Å². The van der Waals surface area contributed by atoms with Crippen molar-refractivity contribution in [3.63, 3.8) is 0 Å². The van der Waals surface area contributed by atoms with Crippen LogP contribution in [0.1, 0.15) is 66.1 Å². The first-order valence-corrected chi connectivity index (χ1v) is 10.5. The Hall–Kier alpha value is -5.01. The van der Waals surface area contributed by atoms with Crippen LogP contribution >= 0.6 is 0 Å². The summed E-state index contributed by atoms with van der Waals surface area (Å²) in [5.74, 6) is -2.34. The van der Waals surface area contributed by atoms with Gasteiger partial charge in [0, 0.05) is 37.2 Å². The van der Waals surface area contributed by atoms with Gasteiger partial charge >= 0.3 is 17.9 Å². The first-order chi connectivity index (χ1) is 17.8. The van der Waals surface area contributed by atoms with E-state index in [0.29, 0.717) is 0 Å². The van der Waals surface area contributed by atoms with E-state index in [1.54, 1.807) is 6.92 Å². The number of esters is 3. The van der Waals surface area contributed by atoms with E-state index in [9.17, 15) is 24.0 Å². The lowest BCUT2D eigenvalue weighted by Crippen LogP contribution is -2.12. The van der Waals surface area contributed by atoms with Crippen molar-refractivity contribution in [2.24, 2.45) is 0 Å². The van der Waals surface area contributed by atoms with Gasteiger partial charge in [0.25, 0.3) is 0 Å². The Kier molecular flexibility index (Phi) is 19.6. The van der Waals surface area contributed by atoms with Gasteiger partial charge < -0.3 is 14.2 Å². The van der Waals surface area contributed by atoms with Crippen LogP contribution in [-0.2, 0) is 23.8 Å². The molecule has 0 saturated heterocycles. The number of methoxy groups -OCH3 is 2. The Labute approximate surface area is 226 Å². The summed E-state index contributed by atoms with van der Waals surface area (Å²) in [4.78, 5) is 77.2. The lowest BCUT2D eigenvalue weighted by atomic mass is 10.2. The summed E-state index contributed by atoms with van der Waals surface area (Å²) in [6, 6.07) is 0. The number of hydrogen-bond acceptors (Lipinski definition) is 14. The van der Waals surface area contributed by atoms with Crippen molar-refractivity contribution in [3.8, 4) is 0 Å². The van der Waals surface area contributed by atoms with Crippen LogP contribution in [0.3, 0.4) is 0 Å². The Morgan fingerprint density at radius 2 is 1.03 bits per heavy atom. The predicted octanol–water partition coefficient (Wildman–Crippen LogP) is 2.37. The molecule has 0 spiro atoms. The molecule has 0 aliphatic carbocycles. The van der Waals surface area contributed by atoms with Gasteiger partial charge in [-0.3, -0.25) is 34.1 Å². The molecular formula is C25H32N6O8. The van der Waals surface area contributed by atoms with Gasteiger partial charge in [-0.2, -0.15) is 0 Å². The fourth-order valence-corrected chi connectivity index (χ4v) is 2.12. The van der Waals surface area contributed by atoms with E-state index >= 15 is 0 Å². The van der Waals surface area contributed by atoms with E-state index in [1.165, 1.54) is 70.0 Å². The second-order valence-corrected chi connectivity index (χ2v) is 6.34. The Balaban J connectivity index is 0. The van der Waals surface area contributed by atoms with Crippen LogP contribution in [0.15, 0.2) is 55.8 Å². The van der Waals surface area contributed by atoms with Gasteiger partial charge in [0.05, 0.1) is 39.4 Å². The van der Waals surface area contributed by atoms with Gasteiger partial charge in [-0.15, -0.1) is 0 Å². The van der Waals surface area contributed by atoms with E-state index in [2.05, 4.69) is 44.1 Å². The summed E-state index contributed by atoms with van der Waals surface area (Å²) in [6.45, 7) is 1.96. The normalized spacial score (nSPS) is 8.79. The molecule has 0 aliphatic rings. The molecule has 0 N–H and O–H groups in total. The van der Waals surface area contributed by atoms with Crippen molar-refractivity contribution >= 4 is 29.5 Å². The molecule has 0 radical (unpaired) electrons. The van der Waals surface area contributed by atoms with Gasteiger partial charge in [-0.05, 0) is 6.92 Å². The van der Waals surface area contributed by atoms with Gasteiger partial charge in [0.1, 0.15) is 24.2 Å². The molecule has 14 heteroatoms. The Morgan fingerprint density at radius 1 is 0.615 bits per heavy atom. The fourth-order valence-electron chi connectivity index (χ4n) is 2.12. The number of carbonyl (C=O) groups excluding carboxylic acids is 5. The minimum atomic E-state index is -0.573. The summed E-state index contributed by atoms with van der Waals surface area (Å²) in [5, 5.41) is 0. The van der Waals surface area contributed by atoms with Crippen molar-refractivity contribution in [2.45, 2.75) is 34.6 Å². The van der Waals surface area contributed by atoms with Crippen LogP contribution in [0.25, 0.3) is 0 Å². The largest absolute Gasteiger partial charge is 0.469 e. The van der Waals surface area contributed by atoms with E-state index in [4.69, 9.17) is 0 Å². The fraction of sp³-hybridized carbons (Fsp3) is 0.320. The Bertz CT molecular complexity index is 1150. The van der Waals surface area contributed by atoms with Gasteiger partial charge in [-0.1, -0.05) is 14.9 Å². The van der Waals surface area contributed by atoms with Crippen LogP contribution in [0.2, 0.25) is 0 Å². The highest BCUT2D eigenvalue weighted by Crippen LogP contribution is 1.99. The van der Waals surface area contributed by atoms with Crippen LogP contribution in [0.5, 0.6) is 0 Å². The summed E-state index contributed by atoms with van der Waals surface area (Å²) in [5.41, 5.74) is 0.582. The van der Waals surface area contributed by atoms with E-state index < -0.39 is 17.9 Å². The minimum Gasteiger partial charge on any atom is -0.469 e. The van der Waals surface area contributed by atoms with Gasteiger partial charge in [-0.25, -0.2) is 19.7 Å². The summed E-state index contributed by atoms with van der Waals surface area (Å²) < 4.78 is 13.4. The maximum Gasteiger partial charge on any atom is 0.358 e. The number of hydrogen-bond donors (Lipinski definition) is 0. The summed E-state index contributed by atoms with van der Waals surface area (Å²) in [7, 11) is 2.53. The molecule has 210 valence electrons. The molecule has 0 saturated carbocycles. The monoisotopic (exact) mass is 544 g/mol. The average Bonchev–Trinajstić information content (AvgIpc) is 2.94. The first kappa shape index (κ1) is 36.1. The van der Waals surface area contributed by atoms with E-state index in [0.717, 1.165) is 0 Å². The second-order valence-electron chi connectivity index (χ2n) is 6.34. The average molecular weight is 545 g/mol. The molecule has 39 heavy (non-hydrogen) atoms. The van der Waals surface area contributed by atoms with Crippen molar-refractivity contribution in [1.29, 1.82) is 0 Å². The topological polar surface area (TPSA) is 190 Å². The number of carbonyl (C=O) groups is 5. The molecular weight excluding hydrogens is 512 g/mol. The highest BCUT2D eigenvalue weighted by Gasteiger charge is 2.14. The second kappa shape index (κ2) is 21.1. The van der Waals surface area contributed by atoms with Crippen LogP contribution in [-0.4, -0.2) is 80.2 Å². The zero-order valence-electron chi connectivity index (χ0n) is 20.3. The summed E-state index contributed by atoms with van der Waals surface area (Å²) in [6.07, 6.45) is 12.0. The third-order valence-electron chi connectivity index (χ3n) is 3.80. The van der Waals surface area contributed by atoms with Crippen molar-refractivity contribution < 1.29 is 38.2 Å². The molecule has 0 bridgehead atoms. The van der Waals surface area contributed by atoms with Crippen molar-refractivity contribution in [3.05, 3.63) is 72.9 Å². The zero-order valence-corrected chi connectivity index (χ0v) is 20.3. The standard InChI is InChI=1S/C9H10N2O3.C8H8N2O3.C6H6N2O2.2CH4/c1-2-14-9(13)5-8(12)7-6-10-3-4-11-7;1-13-8(12)4-7(11)6-5-9-2-3-10-6;1-10-6(9)5-4-7-2-3-8-5;;/h3-4,6H,2,5H2,1H3;2-3,5H,4H2,1H3;2-4H,1H3;2*1H4. The number of Topliss-reactive ketones (excluding diaryl/α,β-unsaturated/α-hetero) is 2. The maximum atomic E-state index is 11.3. The molecule has 0 amide bonds. The lowest BCUT2D eigenvalue weighted by molar-refractivity contribution is -0.142.